The van der Waals surface area contributed by atoms with Gasteiger partial charge in [-0.05, 0) is 23.6 Å². The van der Waals surface area contributed by atoms with Gasteiger partial charge in [0.25, 0.3) is 5.78 Å². The van der Waals surface area contributed by atoms with E-state index in [1.165, 1.54) is 12.1 Å². The van der Waals surface area contributed by atoms with Gasteiger partial charge in [0.05, 0.1) is 5.39 Å². The average molecular weight is 336 g/mol. The van der Waals surface area contributed by atoms with Crippen molar-refractivity contribution in [2.75, 3.05) is 0 Å². The van der Waals surface area contributed by atoms with E-state index in [1.807, 2.05) is 20.8 Å². The molecule has 3 aromatic rings. The summed E-state index contributed by atoms with van der Waals surface area (Å²) < 4.78 is 5.66. The first kappa shape index (κ1) is 15.4. The maximum absolute atomic E-state index is 12.5. The van der Waals surface area contributed by atoms with E-state index >= 15 is 0 Å². The van der Waals surface area contributed by atoms with Crippen LogP contribution in [0.25, 0.3) is 21.9 Å². The van der Waals surface area contributed by atoms with Crippen LogP contribution in [-0.2, 0) is 5.41 Å². The quantitative estimate of drug-likeness (QED) is 0.601. The third-order valence-electron chi connectivity index (χ3n) is 4.52. The molecule has 0 saturated carbocycles. The normalized spacial score (nSPS) is 13.9. The van der Waals surface area contributed by atoms with Crippen LogP contribution in [0, 0.1) is 0 Å². The number of fused-ring (bicyclic) bond motifs is 4. The van der Waals surface area contributed by atoms with Crippen molar-refractivity contribution in [2.24, 2.45) is 0 Å². The molecule has 0 spiro atoms. The largest absolute Gasteiger partial charge is 0.507 e. The van der Waals surface area contributed by atoms with Crippen molar-refractivity contribution < 1.29 is 24.2 Å². The molecule has 2 aromatic carbocycles. The predicted molar refractivity (Wildman–Crippen MR) is 92.3 cm³/mol. The fourth-order valence-corrected chi connectivity index (χ4v) is 3.21. The van der Waals surface area contributed by atoms with Gasteiger partial charge in [0.15, 0.2) is 5.76 Å². The number of benzene rings is 2. The Morgan fingerprint density at radius 1 is 0.960 bits per heavy atom. The van der Waals surface area contributed by atoms with Gasteiger partial charge in [0.1, 0.15) is 17.3 Å². The lowest BCUT2D eigenvalue weighted by molar-refractivity contribution is 0.0797. The number of furan rings is 1. The average Bonchev–Trinajstić information content (AvgIpc) is 2.98. The van der Waals surface area contributed by atoms with Gasteiger partial charge in [-0.15, -0.1) is 0 Å². The van der Waals surface area contributed by atoms with E-state index in [0.29, 0.717) is 16.7 Å². The van der Waals surface area contributed by atoms with Crippen molar-refractivity contribution in [3.05, 3.63) is 47.4 Å². The summed E-state index contributed by atoms with van der Waals surface area (Å²) in [7, 11) is 0. The lowest BCUT2D eigenvalue weighted by atomic mass is 9.84. The van der Waals surface area contributed by atoms with E-state index in [0.717, 1.165) is 0 Å². The smallest absolute Gasteiger partial charge is 0.269 e. The standard InChI is InChI=1S/C20H16O5/c1-20(2,3)13-8-11-15-10(16(22)18(24)19(11)25-13)7-9-5-4-6-12(21)14(9)17(15)23/h4-8,21,23H,1-3H3. The van der Waals surface area contributed by atoms with Crippen molar-refractivity contribution in [2.45, 2.75) is 26.2 Å². The second kappa shape index (κ2) is 4.72. The molecular formula is C20H16O5. The molecule has 0 unspecified atom stereocenters. The monoisotopic (exact) mass is 336 g/mol. The van der Waals surface area contributed by atoms with E-state index in [9.17, 15) is 19.8 Å². The molecule has 1 aromatic heterocycles. The zero-order valence-electron chi connectivity index (χ0n) is 14.0. The summed E-state index contributed by atoms with van der Waals surface area (Å²) >= 11 is 0. The molecule has 25 heavy (non-hydrogen) atoms. The Labute approximate surface area is 143 Å². The third kappa shape index (κ3) is 2.02. The number of phenols is 2. The maximum atomic E-state index is 12.5. The van der Waals surface area contributed by atoms with E-state index in [-0.39, 0.29) is 39.2 Å². The van der Waals surface area contributed by atoms with Crippen LogP contribution >= 0.6 is 0 Å². The van der Waals surface area contributed by atoms with E-state index < -0.39 is 11.6 Å². The van der Waals surface area contributed by atoms with Crippen LogP contribution in [0.3, 0.4) is 0 Å². The van der Waals surface area contributed by atoms with E-state index in [4.69, 9.17) is 4.42 Å². The molecule has 0 aliphatic heterocycles. The molecule has 126 valence electrons. The van der Waals surface area contributed by atoms with Gasteiger partial charge in [-0.25, -0.2) is 0 Å². The Morgan fingerprint density at radius 2 is 1.68 bits per heavy atom. The fraction of sp³-hybridized carbons (Fsp3) is 0.200. The first-order valence-electron chi connectivity index (χ1n) is 7.91. The topological polar surface area (TPSA) is 87.7 Å². The van der Waals surface area contributed by atoms with E-state index in [2.05, 4.69) is 0 Å². The Balaban J connectivity index is 2.14. The molecule has 1 heterocycles. The van der Waals surface area contributed by atoms with Gasteiger partial charge in [-0.1, -0.05) is 32.9 Å². The third-order valence-corrected chi connectivity index (χ3v) is 4.52. The number of carbonyl (C=O) groups excluding carboxylic acids is 2. The van der Waals surface area contributed by atoms with Gasteiger partial charge < -0.3 is 14.6 Å². The van der Waals surface area contributed by atoms with Crippen molar-refractivity contribution in [3.63, 3.8) is 0 Å². The fourth-order valence-electron chi connectivity index (χ4n) is 3.21. The molecule has 5 nitrogen and oxygen atoms in total. The second-order valence-electron chi connectivity index (χ2n) is 7.28. The molecule has 0 fully saturated rings. The van der Waals surface area contributed by atoms with Crippen LogP contribution in [-0.4, -0.2) is 21.8 Å². The van der Waals surface area contributed by atoms with Gasteiger partial charge in [0, 0.05) is 22.1 Å². The summed E-state index contributed by atoms with van der Waals surface area (Å²) in [5.74, 6) is -1.29. The summed E-state index contributed by atoms with van der Waals surface area (Å²) in [6, 6.07) is 7.94. The lowest BCUT2D eigenvalue weighted by Crippen LogP contribution is -2.20. The van der Waals surface area contributed by atoms with Crippen molar-refractivity contribution >= 4 is 22.3 Å². The summed E-state index contributed by atoms with van der Waals surface area (Å²) in [4.78, 5) is 25.0. The molecule has 4 rings (SSSR count). The predicted octanol–water partition coefficient (Wildman–Crippen LogP) is 4.19. The number of ketones is 2. The van der Waals surface area contributed by atoms with Crippen molar-refractivity contribution in [3.8, 4) is 22.6 Å². The van der Waals surface area contributed by atoms with Crippen LogP contribution in [0.2, 0.25) is 0 Å². The molecule has 0 amide bonds. The van der Waals surface area contributed by atoms with Crippen LogP contribution in [0.5, 0.6) is 11.5 Å². The first-order chi connectivity index (χ1) is 11.7. The van der Waals surface area contributed by atoms with Crippen LogP contribution in [0.1, 0.15) is 47.4 Å². The minimum absolute atomic E-state index is 0.0625. The summed E-state index contributed by atoms with van der Waals surface area (Å²) in [5.41, 5.74) is 0.365. The minimum atomic E-state index is -0.725. The molecule has 5 heteroatoms. The Kier molecular flexibility index (Phi) is 2.92. The molecule has 2 N–H and O–H groups in total. The highest BCUT2D eigenvalue weighted by Crippen LogP contribution is 2.47. The summed E-state index contributed by atoms with van der Waals surface area (Å²) in [6.45, 7) is 5.78. The van der Waals surface area contributed by atoms with Crippen LogP contribution < -0.4 is 0 Å². The molecule has 1 aliphatic carbocycles. The number of carbonyl (C=O) groups is 2. The maximum Gasteiger partial charge on any atom is 0.269 e. The molecule has 0 atom stereocenters. The Bertz CT molecular complexity index is 1080. The molecule has 0 bridgehead atoms. The van der Waals surface area contributed by atoms with Gasteiger partial charge in [-0.2, -0.15) is 0 Å². The number of hydrogen-bond acceptors (Lipinski definition) is 5. The van der Waals surface area contributed by atoms with Crippen molar-refractivity contribution in [1.82, 2.24) is 0 Å². The lowest BCUT2D eigenvalue weighted by Gasteiger charge is -2.17. The summed E-state index contributed by atoms with van der Waals surface area (Å²) in [6.07, 6.45) is 0. The number of aromatic hydroxyl groups is 2. The molecular weight excluding hydrogens is 320 g/mol. The highest BCUT2D eigenvalue weighted by molar-refractivity contribution is 6.52. The van der Waals surface area contributed by atoms with E-state index in [1.54, 1.807) is 18.2 Å². The minimum Gasteiger partial charge on any atom is -0.507 e. The van der Waals surface area contributed by atoms with Crippen molar-refractivity contribution in [1.29, 1.82) is 0 Å². The Morgan fingerprint density at radius 3 is 2.36 bits per heavy atom. The second-order valence-corrected chi connectivity index (χ2v) is 7.28. The first-order valence-corrected chi connectivity index (χ1v) is 7.91. The number of rotatable bonds is 0. The number of Topliss-reactive ketones (excluding diaryl/α,β-unsaturated/α-hetero) is 2. The summed E-state index contributed by atoms with van der Waals surface area (Å²) in [5, 5.41) is 21.6. The highest BCUT2D eigenvalue weighted by atomic mass is 16.4. The zero-order chi connectivity index (χ0) is 18.1. The molecule has 0 saturated heterocycles. The molecule has 0 radical (unpaired) electrons. The number of phenolic OH excluding ortho intramolecular Hbond substituents is 2. The van der Waals surface area contributed by atoms with Gasteiger partial charge >= 0.3 is 0 Å². The van der Waals surface area contributed by atoms with Crippen LogP contribution in [0.15, 0.2) is 34.7 Å². The SMILES string of the molecule is CC(C)(C)c1cc2c(o1)C(=O)C(=O)c1cc3cccc(O)c3c(O)c1-2. The highest BCUT2D eigenvalue weighted by Gasteiger charge is 2.38. The van der Waals surface area contributed by atoms with Gasteiger partial charge in [0.2, 0.25) is 5.78 Å². The molecule has 1 aliphatic rings. The number of hydrogen-bond donors (Lipinski definition) is 2. The zero-order valence-corrected chi connectivity index (χ0v) is 14.0. The Hall–Kier alpha value is -3.08. The van der Waals surface area contributed by atoms with Gasteiger partial charge in [-0.3, -0.25) is 9.59 Å². The van der Waals surface area contributed by atoms with Crippen LogP contribution in [0.4, 0.5) is 0 Å².